The van der Waals surface area contributed by atoms with E-state index in [2.05, 4.69) is 29.0 Å². The van der Waals surface area contributed by atoms with E-state index in [1.54, 1.807) is 11.3 Å². The molecule has 3 aromatic rings. The molecular weight excluding hydrogens is 230 g/mol. The molecule has 3 nitrogen and oxygen atoms in total. The van der Waals surface area contributed by atoms with Gasteiger partial charge in [-0.3, -0.25) is 0 Å². The van der Waals surface area contributed by atoms with Crippen molar-refractivity contribution in [3.63, 3.8) is 0 Å². The van der Waals surface area contributed by atoms with E-state index in [-0.39, 0.29) is 0 Å². The number of nitrogens with zero attached hydrogens (tertiary/aromatic N) is 1. The number of para-hydroxylation sites is 1. The van der Waals surface area contributed by atoms with E-state index in [1.165, 1.54) is 4.88 Å². The Bertz CT molecular complexity index is 666. The zero-order valence-electron chi connectivity index (χ0n) is 9.53. The predicted molar refractivity (Wildman–Crippen MR) is 73.2 cm³/mol. The van der Waals surface area contributed by atoms with Crippen LogP contribution in [0.5, 0.6) is 0 Å². The molecule has 0 radical (unpaired) electrons. The van der Waals surface area contributed by atoms with E-state index in [0.717, 1.165) is 33.8 Å². The molecule has 4 heteroatoms. The summed E-state index contributed by atoms with van der Waals surface area (Å²) in [6.45, 7) is 2.16. The summed E-state index contributed by atoms with van der Waals surface area (Å²) in [6.07, 6.45) is 1.06. The van der Waals surface area contributed by atoms with Crippen LogP contribution in [0.1, 0.15) is 11.8 Å². The molecule has 0 aliphatic heterocycles. The number of aromatic nitrogens is 2. The first-order valence-electron chi connectivity index (χ1n) is 5.61. The Kier molecular flexibility index (Phi) is 2.37. The number of rotatable bonds is 2. The number of H-pyrrole nitrogens is 1. The van der Waals surface area contributed by atoms with E-state index in [1.807, 2.05) is 18.2 Å². The van der Waals surface area contributed by atoms with Gasteiger partial charge in [-0.15, -0.1) is 11.3 Å². The third kappa shape index (κ3) is 1.70. The Morgan fingerprint density at radius 1 is 1.29 bits per heavy atom. The van der Waals surface area contributed by atoms with Crippen LogP contribution in [-0.4, -0.2) is 9.97 Å². The van der Waals surface area contributed by atoms with Crippen molar-refractivity contribution >= 4 is 28.1 Å². The average Bonchev–Trinajstić information content (AvgIpc) is 2.95. The molecular formula is C13H13N3S. The molecule has 0 bridgehead atoms. The first kappa shape index (κ1) is 10.4. The molecule has 2 heterocycles. The van der Waals surface area contributed by atoms with Crippen molar-refractivity contribution in [3.05, 3.63) is 35.2 Å². The second-order valence-electron chi connectivity index (χ2n) is 3.95. The van der Waals surface area contributed by atoms with Crippen LogP contribution in [0.25, 0.3) is 21.7 Å². The molecule has 3 N–H and O–H groups in total. The van der Waals surface area contributed by atoms with Crippen LogP contribution in [0.3, 0.4) is 0 Å². The Labute approximate surface area is 103 Å². The standard InChI is InChI=1S/C13H13N3S/c1-2-8-6-7-11(17-8)13-15-10-5-3-4-9(14)12(10)16-13/h3-7H,2,14H2,1H3,(H,15,16). The predicted octanol–water partition coefficient (Wildman–Crippen LogP) is 3.44. The summed E-state index contributed by atoms with van der Waals surface area (Å²) in [5.74, 6) is 0.905. The molecule has 0 aliphatic rings. The van der Waals surface area contributed by atoms with Gasteiger partial charge in [0.15, 0.2) is 0 Å². The Balaban J connectivity index is 2.14. The number of thiophene rings is 1. The highest BCUT2D eigenvalue weighted by atomic mass is 32.1. The van der Waals surface area contributed by atoms with Crippen molar-refractivity contribution in [3.8, 4) is 10.7 Å². The molecule has 86 valence electrons. The molecule has 0 spiro atoms. The lowest BCUT2D eigenvalue weighted by Gasteiger charge is -1.90. The minimum absolute atomic E-state index is 0.720. The van der Waals surface area contributed by atoms with Gasteiger partial charge in [-0.05, 0) is 30.7 Å². The van der Waals surface area contributed by atoms with E-state index >= 15 is 0 Å². The fourth-order valence-electron chi connectivity index (χ4n) is 1.87. The van der Waals surface area contributed by atoms with Crippen LogP contribution in [0, 0.1) is 0 Å². The summed E-state index contributed by atoms with van der Waals surface area (Å²) in [5, 5.41) is 0. The molecule has 0 atom stereocenters. The van der Waals surface area contributed by atoms with Gasteiger partial charge in [0.05, 0.1) is 16.1 Å². The van der Waals surface area contributed by atoms with Crippen LogP contribution in [0.2, 0.25) is 0 Å². The number of benzene rings is 1. The molecule has 0 unspecified atom stereocenters. The number of nitrogen functional groups attached to an aromatic ring is 1. The number of aromatic amines is 1. The van der Waals surface area contributed by atoms with Gasteiger partial charge in [-0.2, -0.15) is 0 Å². The van der Waals surface area contributed by atoms with Crippen LogP contribution >= 0.6 is 11.3 Å². The molecule has 0 aliphatic carbocycles. The number of aryl methyl sites for hydroxylation is 1. The number of nitrogens with two attached hydrogens (primary N) is 1. The number of fused-ring (bicyclic) bond motifs is 1. The highest BCUT2D eigenvalue weighted by molar-refractivity contribution is 7.15. The highest BCUT2D eigenvalue weighted by Crippen LogP contribution is 2.29. The Morgan fingerprint density at radius 3 is 2.88 bits per heavy atom. The maximum Gasteiger partial charge on any atom is 0.148 e. The second-order valence-corrected chi connectivity index (χ2v) is 5.12. The van der Waals surface area contributed by atoms with Crippen LogP contribution in [0.15, 0.2) is 30.3 Å². The number of imidazole rings is 1. The summed E-state index contributed by atoms with van der Waals surface area (Å²) < 4.78 is 0. The second kappa shape index (κ2) is 3.89. The maximum atomic E-state index is 5.90. The third-order valence-electron chi connectivity index (χ3n) is 2.79. The van der Waals surface area contributed by atoms with E-state index in [9.17, 15) is 0 Å². The zero-order chi connectivity index (χ0) is 11.8. The first-order valence-corrected chi connectivity index (χ1v) is 6.43. The monoisotopic (exact) mass is 243 g/mol. The van der Waals surface area contributed by atoms with Gasteiger partial charge in [0, 0.05) is 4.88 Å². The molecule has 0 amide bonds. The van der Waals surface area contributed by atoms with Crippen LogP contribution in [0.4, 0.5) is 5.69 Å². The van der Waals surface area contributed by atoms with Crippen molar-refractivity contribution in [2.45, 2.75) is 13.3 Å². The molecule has 1 aromatic carbocycles. The van der Waals surface area contributed by atoms with Crippen molar-refractivity contribution in [2.24, 2.45) is 0 Å². The van der Waals surface area contributed by atoms with Crippen LogP contribution in [-0.2, 0) is 6.42 Å². The van der Waals surface area contributed by atoms with Crippen molar-refractivity contribution < 1.29 is 0 Å². The quantitative estimate of drug-likeness (QED) is 0.677. The number of anilines is 1. The van der Waals surface area contributed by atoms with Gasteiger partial charge in [0.1, 0.15) is 11.3 Å². The van der Waals surface area contributed by atoms with Crippen molar-refractivity contribution in [2.75, 3.05) is 5.73 Å². The summed E-state index contributed by atoms with van der Waals surface area (Å²) >= 11 is 1.77. The van der Waals surface area contributed by atoms with Gasteiger partial charge >= 0.3 is 0 Å². The lowest BCUT2D eigenvalue weighted by Crippen LogP contribution is -1.84. The lowest BCUT2D eigenvalue weighted by molar-refractivity contribution is 1.19. The molecule has 0 saturated carbocycles. The SMILES string of the molecule is CCc1ccc(-c2nc3c(N)cccc3[nH]2)s1. The fraction of sp³-hybridized carbons (Fsp3) is 0.154. The van der Waals surface area contributed by atoms with Gasteiger partial charge < -0.3 is 10.7 Å². The average molecular weight is 243 g/mol. The van der Waals surface area contributed by atoms with Gasteiger partial charge in [-0.1, -0.05) is 13.0 Å². The maximum absolute atomic E-state index is 5.90. The van der Waals surface area contributed by atoms with Crippen molar-refractivity contribution in [1.29, 1.82) is 0 Å². The first-order chi connectivity index (χ1) is 8.28. The summed E-state index contributed by atoms with van der Waals surface area (Å²) in [5.41, 5.74) is 8.47. The summed E-state index contributed by atoms with van der Waals surface area (Å²) in [6, 6.07) is 10.1. The Morgan fingerprint density at radius 2 is 2.18 bits per heavy atom. The molecule has 0 fully saturated rings. The normalized spacial score (nSPS) is 11.1. The number of nitrogens with one attached hydrogen (secondary N) is 1. The van der Waals surface area contributed by atoms with Gasteiger partial charge in [0.2, 0.25) is 0 Å². The largest absolute Gasteiger partial charge is 0.397 e. The minimum atomic E-state index is 0.720. The van der Waals surface area contributed by atoms with Gasteiger partial charge in [0.25, 0.3) is 0 Å². The van der Waals surface area contributed by atoms with E-state index in [4.69, 9.17) is 5.73 Å². The van der Waals surface area contributed by atoms with Crippen molar-refractivity contribution in [1.82, 2.24) is 9.97 Å². The van der Waals surface area contributed by atoms with Crippen LogP contribution < -0.4 is 5.73 Å². The van der Waals surface area contributed by atoms with E-state index in [0.29, 0.717) is 0 Å². The number of hydrogen-bond donors (Lipinski definition) is 2. The minimum Gasteiger partial charge on any atom is -0.397 e. The third-order valence-corrected chi connectivity index (χ3v) is 4.02. The molecule has 3 rings (SSSR count). The lowest BCUT2D eigenvalue weighted by atomic mass is 10.3. The van der Waals surface area contributed by atoms with E-state index < -0.39 is 0 Å². The fourth-order valence-corrected chi connectivity index (χ4v) is 2.76. The highest BCUT2D eigenvalue weighted by Gasteiger charge is 2.08. The zero-order valence-corrected chi connectivity index (χ0v) is 10.3. The molecule has 17 heavy (non-hydrogen) atoms. The molecule has 0 saturated heterocycles. The smallest absolute Gasteiger partial charge is 0.148 e. The topological polar surface area (TPSA) is 54.7 Å². The van der Waals surface area contributed by atoms with Gasteiger partial charge in [-0.25, -0.2) is 4.98 Å². The summed E-state index contributed by atoms with van der Waals surface area (Å²) in [4.78, 5) is 10.4. The summed E-state index contributed by atoms with van der Waals surface area (Å²) in [7, 11) is 0. The Hall–Kier alpha value is -1.81. The number of hydrogen-bond acceptors (Lipinski definition) is 3. The molecule has 2 aromatic heterocycles.